The normalized spacial score (nSPS) is 12.7. The number of carboxylic acid groups (broad SMARTS) is 1. The molecule has 5 N–H and O–H groups in total. The second-order valence-corrected chi connectivity index (χ2v) is 9.11. The van der Waals surface area contributed by atoms with E-state index in [0.29, 0.717) is 47.4 Å². The molecule has 1 aromatic heterocycles. The average molecular weight is 562 g/mol. The summed E-state index contributed by atoms with van der Waals surface area (Å²) >= 11 is 0. The van der Waals surface area contributed by atoms with Gasteiger partial charge in [-0.05, 0) is 41.8 Å². The molecule has 3 aromatic carbocycles. The summed E-state index contributed by atoms with van der Waals surface area (Å²) in [5.74, 6) is 1.07. The maximum atomic E-state index is 13.1. The first-order valence-electron chi connectivity index (χ1n) is 12.6. The molecule has 0 aliphatic carbocycles. The fraction of sp³-hybridized carbons (Fsp3) is 0.241. The second kappa shape index (κ2) is 12.8. The van der Waals surface area contributed by atoms with E-state index in [1.54, 1.807) is 38.5 Å². The number of carboxylic acids is 1. The molecule has 0 bridgehead atoms. The van der Waals surface area contributed by atoms with Crippen molar-refractivity contribution in [3.63, 3.8) is 0 Å². The van der Waals surface area contributed by atoms with E-state index in [2.05, 4.69) is 10.1 Å². The highest BCUT2D eigenvalue weighted by Crippen LogP contribution is 2.39. The van der Waals surface area contributed by atoms with Gasteiger partial charge in [0.15, 0.2) is 18.3 Å². The van der Waals surface area contributed by atoms with Gasteiger partial charge < -0.3 is 29.8 Å². The maximum absolute atomic E-state index is 13.1. The van der Waals surface area contributed by atoms with Gasteiger partial charge in [0.05, 0.1) is 20.8 Å². The van der Waals surface area contributed by atoms with Crippen LogP contribution in [0.15, 0.2) is 65.5 Å². The minimum absolute atomic E-state index is 0.00223. The predicted molar refractivity (Wildman–Crippen MR) is 150 cm³/mol. The lowest BCUT2D eigenvalue weighted by atomic mass is 9.89. The van der Waals surface area contributed by atoms with Crippen LogP contribution in [-0.4, -0.2) is 52.7 Å². The van der Waals surface area contributed by atoms with E-state index >= 15 is 0 Å². The SMILES string of the molecule is CC(=O)O.COc1ccccc1-n1nc(C(Cc2ccc(C(=N)N)cc2)c2cc3c(c(OC)c2)OCOC3)[nH]c1=O. The number of aromatic amines is 1. The number of ether oxygens (including phenoxy) is 4. The molecule has 1 aliphatic rings. The molecule has 2 heterocycles. The molecule has 1 unspecified atom stereocenters. The summed E-state index contributed by atoms with van der Waals surface area (Å²) in [7, 11) is 3.14. The zero-order valence-electron chi connectivity index (χ0n) is 22.8. The molecule has 0 radical (unpaired) electrons. The van der Waals surface area contributed by atoms with Crippen molar-refractivity contribution in [2.45, 2.75) is 25.9 Å². The number of hydrogen-bond donors (Lipinski definition) is 4. The van der Waals surface area contributed by atoms with Crippen LogP contribution in [0.3, 0.4) is 0 Å². The van der Waals surface area contributed by atoms with Gasteiger partial charge >= 0.3 is 5.69 Å². The van der Waals surface area contributed by atoms with E-state index in [-0.39, 0.29) is 24.2 Å². The van der Waals surface area contributed by atoms with Gasteiger partial charge in [0.2, 0.25) is 0 Å². The summed E-state index contributed by atoms with van der Waals surface area (Å²) in [6.45, 7) is 1.62. The molecule has 1 aliphatic heterocycles. The number of nitrogens with two attached hydrogens (primary N) is 1. The molecule has 0 amide bonds. The molecule has 214 valence electrons. The Labute approximate surface area is 235 Å². The van der Waals surface area contributed by atoms with Gasteiger partial charge in [-0.3, -0.25) is 15.2 Å². The standard InChI is InChI=1S/C27H27N5O5.C2H4O2/c1-34-22-6-4-3-5-21(22)32-27(33)30-26(31-32)20(11-16-7-9-17(10-8-16)25(28)29)18-12-19-14-36-15-37-24(19)23(13-18)35-2;1-2(3)4/h3-10,12-13,20H,11,14-15H2,1-2H3,(H3,28,29)(H,30,31,33);1H3,(H,3,4). The number of benzene rings is 3. The van der Waals surface area contributed by atoms with Crippen molar-refractivity contribution >= 4 is 11.8 Å². The highest BCUT2D eigenvalue weighted by atomic mass is 16.7. The van der Waals surface area contributed by atoms with E-state index in [0.717, 1.165) is 23.6 Å². The molecule has 1 atom stereocenters. The number of H-pyrrole nitrogens is 1. The first-order valence-corrected chi connectivity index (χ1v) is 12.6. The molecule has 0 saturated carbocycles. The van der Waals surface area contributed by atoms with Crippen LogP contribution < -0.4 is 25.6 Å². The first kappa shape index (κ1) is 28.9. The number of carbonyl (C=O) groups is 1. The van der Waals surface area contributed by atoms with E-state index in [1.807, 2.05) is 36.4 Å². The lowest BCUT2D eigenvalue weighted by Crippen LogP contribution is -2.16. The van der Waals surface area contributed by atoms with Crippen molar-refractivity contribution in [2.75, 3.05) is 21.0 Å². The van der Waals surface area contributed by atoms with Crippen LogP contribution in [0.5, 0.6) is 17.2 Å². The van der Waals surface area contributed by atoms with Crippen molar-refractivity contribution in [3.05, 3.63) is 99.2 Å². The Bertz CT molecular complexity index is 1570. The van der Waals surface area contributed by atoms with Crippen molar-refractivity contribution in [1.82, 2.24) is 14.8 Å². The van der Waals surface area contributed by atoms with Crippen LogP contribution in [0.2, 0.25) is 0 Å². The number of nitrogens with zero attached hydrogens (tertiary/aromatic N) is 2. The smallest absolute Gasteiger partial charge is 0.348 e. The van der Waals surface area contributed by atoms with Gasteiger partial charge in [-0.25, -0.2) is 4.79 Å². The molecule has 4 aromatic rings. The van der Waals surface area contributed by atoms with Crippen LogP contribution >= 0.6 is 0 Å². The van der Waals surface area contributed by atoms with Crippen LogP contribution in [0.25, 0.3) is 5.69 Å². The minimum atomic E-state index is -0.833. The third-order valence-corrected chi connectivity index (χ3v) is 6.30. The summed E-state index contributed by atoms with van der Waals surface area (Å²) in [5, 5.41) is 19.8. The van der Waals surface area contributed by atoms with Crippen LogP contribution in [-0.2, 0) is 22.6 Å². The topological polar surface area (TPSA) is 175 Å². The lowest BCUT2D eigenvalue weighted by molar-refractivity contribution is -0.134. The fourth-order valence-electron chi connectivity index (χ4n) is 4.45. The van der Waals surface area contributed by atoms with E-state index in [1.165, 1.54) is 4.68 Å². The minimum Gasteiger partial charge on any atom is -0.494 e. The molecule has 5 rings (SSSR count). The quantitative estimate of drug-likeness (QED) is 0.186. The number of rotatable bonds is 8. The summed E-state index contributed by atoms with van der Waals surface area (Å²) in [4.78, 5) is 25.0. The van der Waals surface area contributed by atoms with Crippen LogP contribution in [0, 0.1) is 5.41 Å². The number of aliphatic carboxylic acids is 1. The van der Waals surface area contributed by atoms with E-state index in [9.17, 15) is 4.79 Å². The Morgan fingerprint density at radius 1 is 1.15 bits per heavy atom. The highest BCUT2D eigenvalue weighted by Gasteiger charge is 2.26. The molecular weight excluding hydrogens is 530 g/mol. The summed E-state index contributed by atoms with van der Waals surface area (Å²) in [5.41, 5.74) is 9.12. The number of amidine groups is 1. The summed E-state index contributed by atoms with van der Waals surface area (Å²) in [6, 6.07) is 18.5. The van der Waals surface area contributed by atoms with Crippen molar-refractivity contribution in [3.8, 4) is 22.9 Å². The van der Waals surface area contributed by atoms with Crippen LogP contribution in [0.1, 0.15) is 40.9 Å². The van der Waals surface area contributed by atoms with Crippen molar-refractivity contribution < 1.29 is 28.8 Å². The third kappa shape index (κ3) is 6.73. The molecule has 41 heavy (non-hydrogen) atoms. The third-order valence-electron chi connectivity index (χ3n) is 6.30. The molecule has 12 heteroatoms. The fourth-order valence-corrected chi connectivity index (χ4v) is 4.45. The van der Waals surface area contributed by atoms with Gasteiger partial charge in [0.25, 0.3) is 5.97 Å². The Kier molecular flexibility index (Phi) is 9.05. The monoisotopic (exact) mass is 561 g/mol. The maximum Gasteiger partial charge on any atom is 0.348 e. The lowest BCUT2D eigenvalue weighted by Gasteiger charge is -2.23. The molecule has 12 nitrogen and oxygen atoms in total. The predicted octanol–water partition coefficient (Wildman–Crippen LogP) is 3.19. The van der Waals surface area contributed by atoms with Gasteiger partial charge in [-0.1, -0.05) is 36.4 Å². The van der Waals surface area contributed by atoms with Gasteiger partial charge in [-0.2, -0.15) is 4.68 Å². The Morgan fingerprint density at radius 3 is 2.49 bits per heavy atom. The first-order chi connectivity index (χ1) is 19.7. The number of fused-ring (bicyclic) bond motifs is 1. The van der Waals surface area contributed by atoms with Crippen LogP contribution in [0.4, 0.5) is 0 Å². The van der Waals surface area contributed by atoms with E-state index in [4.69, 9.17) is 40.0 Å². The Morgan fingerprint density at radius 2 is 1.83 bits per heavy atom. The number of para-hydroxylation sites is 2. The van der Waals surface area contributed by atoms with Gasteiger partial charge in [-0.15, -0.1) is 5.10 Å². The highest BCUT2D eigenvalue weighted by molar-refractivity contribution is 5.94. The molecule has 0 fully saturated rings. The number of aromatic nitrogens is 3. The molecule has 0 spiro atoms. The largest absolute Gasteiger partial charge is 0.494 e. The second-order valence-electron chi connectivity index (χ2n) is 9.11. The van der Waals surface area contributed by atoms with Gasteiger partial charge in [0, 0.05) is 24.0 Å². The summed E-state index contributed by atoms with van der Waals surface area (Å²) < 4.78 is 23.5. The molecular formula is C29H31N5O7. The summed E-state index contributed by atoms with van der Waals surface area (Å²) in [6.07, 6.45) is 0.515. The number of nitrogen functional groups attached to an aromatic ring is 1. The van der Waals surface area contributed by atoms with E-state index < -0.39 is 5.97 Å². The zero-order chi connectivity index (χ0) is 29.5. The Balaban J connectivity index is 0.000000909. The number of hydrogen-bond acceptors (Lipinski definition) is 8. The van der Waals surface area contributed by atoms with Gasteiger partial charge in [0.1, 0.15) is 23.1 Å². The zero-order valence-corrected chi connectivity index (χ0v) is 22.8. The Hall–Kier alpha value is -5.10. The van der Waals surface area contributed by atoms with Crippen molar-refractivity contribution in [2.24, 2.45) is 5.73 Å². The van der Waals surface area contributed by atoms with Crippen molar-refractivity contribution in [1.29, 1.82) is 5.41 Å². The number of methoxy groups -OCH3 is 2. The average Bonchev–Trinajstić information content (AvgIpc) is 3.35. The number of nitrogens with one attached hydrogen (secondary N) is 2. The molecule has 0 saturated heterocycles.